The van der Waals surface area contributed by atoms with Gasteiger partial charge in [-0.1, -0.05) is 35.5 Å². The maximum absolute atomic E-state index is 12.6. The summed E-state index contributed by atoms with van der Waals surface area (Å²) >= 11 is 0. The molecule has 130 valence electrons. The van der Waals surface area contributed by atoms with Crippen LogP contribution in [-0.4, -0.2) is 35.0 Å². The Labute approximate surface area is 146 Å². The lowest BCUT2D eigenvalue weighted by Gasteiger charge is -2.24. The van der Waals surface area contributed by atoms with Gasteiger partial charge in [0, 0.05) is 31.5 Å². The highest BCUT2D eigenvalue weighted by Crippen LogP contribution is 2.40. The lowest BCUT2D eigenvalue weighted by molar-refractivity contribution is -0.128. The van der Waals surface area contributed by atoms with E-state index in [1.165, 1.54) is 0 Å². The minimum Gasteiger partial charge on any atom is -0.360 e. The van der Waals surface area contributed by atoms with Crippen LogP contribution in [0.15, 0.2) is 40.9 Å². The normalized spacial score (nSPS) is 18.4. The summed E-state index contributed by atoms with van der Waals surface area (Å²) in [6, 6.07) is 11.2. The first-order valence-electron chi connectivity index (χ1n) is 8.81. The predicted octanol–water partition coefficient (Wildman–Crippen LogP) is 2.65. The zero-order valence-electron chi connectivity index (χ0n) is 14.0. The number of amides is 2. The van der Waals surface area contributed by atoms with Crippen LogP contribution in [0.25, 0.3) is 0 Å². The molecule has 6 nitrogen and oxygen atoms in total. The maximum atomic E-state index is 12.6. The maximum Gasteiger partial charge on any atom is 0.274 e. The average Bonchev–Trinajstić information content (AvgIpc) is 3.22. The number of hydrogen-bond donors (Lipinski definition) is 1. The number of likely N-dealkylation sites (tertiary alicyclic amines) is 1. The number of carbonyl (C=O) groups is 2. The Balaban J connectivity index is 1.50. The molecule has 1 aromatic carbocycles. The molecule has 25 heavy (non-hydrogen) atoms. The third-order valence-electron chi connectivity index (χ3n) is 4.82. The molecule has 2 aliphatic rings. The first-order valence-corrected chi connectivity index (χ1v) is 8.81. The van der Waals surface area contributed by atoms with E-state index in [9.17, 15) is 9.59 Å². The fourth-order valence-electron chi connectivity index (χ4n) is 3.23. The van der Waals surface area contributed by atoms with Gasteiger partial charge in [0.05, 0.1) is 6.04 Å². The number of carbonyl (C=O) groups excluding carboxylic acids is 2. The number of nitrogens with zero attached hydrogens (tertiary/aromatic N) is 2. The van der Waals surface area contributed by atoms with Crippen LogP contribution in [0, 0.1) is 0 Å². The van der Waals surface area contributed by atoms with Crippen molar-refractivity contribution in [2.24, 2.45) is 0 Å². The van der Waals surface area contributed by atoms with Gasteiger partial charge in [-0.2, -0.15) is 0 Å². The van der Waals surface area contributed by atoms with Crippen molar-refractivity contribution in [3.05, 3.63) is 53.4 Å². The quantitative estimate of drug-likeness (QED) is 0.878. The number of nitrogens with one attached hydrogen (secondary N) is 1. The van der Waals surface area contributed by atoms with Crippen LogP contribution in [0.4, 0.5) is 0 Å². The Morgan fingerprint density at radius 1 is 1.32 bits per heavy atom. The third kappa shape index (κ3) is 3.57. The zero-order valence-corrected chi connectivity index (χ0v) is 14.0. The molecule has 2 aromatic rings. The summed E-state index contributed by atoms with van der Waals surface area (Å²) in [5.74, 6) is 1.08. The van der Waals surface area contributed by atoms with E-state index in [2.05, 4.69) is 10.5 Å². The van der Waals surface area contributed by atoms with Crippen molar-refractivity contribution in [2.45, 2.75) is 37.6 Å². The molecule has 1 saturated carbocycles. The first-order chi connectivity index (χ1) is 12.2. The summed E-state index contributed by atoms with van der Waals surface area (Å²) < 4.78 is 5.27. The molecular formula is C19H21N3O3. The van der Waals surface area contributed by atoms with Crippen LogP contribution >= 0.6 is 0 Å². The second-order valence-corrected chi connectivity index (χ2v) is 6.77. The third-order valence-corrected chi connectivity index (χ3v) is 4.82. The molecule has 1 atom stereocenters. The highest BCUT2D eigenvalue weighted by atomic mass is 16.5. The van der Waals surface area contributed by atoms with Crippen LogP contribution in [0.3, 0.4) is 0 Å². The summed E-state index contributed by atoms with van der Waals surface area (Å²) in [4.78, 5) is 26.4. The van der Waals surface area contributed by atoms with Gasteiger partial charge in [0.2, 0.25) is 5.91 Å². The average molecular weight is 339 g/mol. The van der Waals surface area contributed by atoms with Gasteiger partial charge in [-0.3, -0.25) is 9.59 Å². The molecule has 1 saturated heterocycles. The zero-order chi connectivity index (χ0) is 17.2. The van der Waals surface area contributed by atoms with E-state index in [1.807, 2.05) is 35.2 Å². The molecule has 0 radical (unpaired) electrons. The van der Waals surface area contributed by atoms with Crippen molar-refractivity contribution < 1.29 is 14.1 Å². The SMILES string of the molecule is O=C(N[C@H](CN1CCCC1=O)c1ccccc1)c1cc(C2CC2)on1. The fraction of sp³-hybridized carbons (Fsp3) is 0.421. The van der Waals surface area contributed by atoms with Gasteiger partial charge in [0.15, 0.2) is 5.69 Å². The minimum atomic E-state index is -0.267. The number of aromatic nitrogens is 1. The van der Waals surface area contributed by atoms with Crippen LogP contribution in [0.1, 0.15) is 59.5 Å². The van der Waals surface area contributed by atoms with Crippen LogP contribution in [-0.2, 0) is 4.79 Å². The molecule has 2 amide bonds. The van der Waals surface area contributed by atoms with Crippen molar-refractivity contribution >= 4 is 11.8 Å². The van der Waals surface area contributed by atoms with Crippen molar-refractivity contribution in [3.63, 3.8) is 0 Å². The highest BCUT2D eigenvalue weighted by Gasteiger charge is 2.30. The van der Waals surface area contributed by atoms with Crippen LogP contribution in [0.2, 0.25) is 0 Å². The lowest BCUT2D eigenvalue weighted by atomic mass is 10.1. The largest absolute Gasteiger partial charge is 0.360 e. The Kier molecular flexibility index (Phi) is 4.26. The first kappa shape index (κ1) is 15.9. The topological polar surface area (TPSA) is 75.4 Å². The van der Waals surface area contributed by atoms with Crippen molar-refractivity contribution in [1.82, 2.24) is 15.4 Å². The van der Waals surface area contributed by atoms with Gasteiger partial charge >= 0.3 is 0 Å². The van der Waals surface area contributed by atoms with Crippen molar-refractivity contribution in [1.29, 1.82) is 0 Å². The summed E-state index contributed by atoms with van der Waals surface area (Å²) in [6.45, 7) is 1.22. The van der Waals surface area contributed by atoms with Crippen LogP contribution < -0.4 is 5.32 Å². The predicted molar refractivity (Wildman–Crippen MR) is 90.9 cm³/mol. The molecular weight excluding hydrogens is 318 g/mol. The summed E-state index contributed by atoms with van der Waals surface area (Å²) in [6.07, 6.45) is 3.66. The second-order valence-electron chi connectivity index (χ2n) is 6.77. The summed E-state index contributed by atoms with van der Waals surface area (Å²) in [7, 11) is 0. The smallest absolute Gasteiger partial charge is 0.274 e. The Hall–Kier alpha value is -2.63. The molecule has 0 unspecified atom stereocenters. The van der Waals surface area contributed by atoms with E-state index in [-0.39, 0.29) is 17.9 Å². The highest BCUT2D eigenvalue weighted by molar-refractivity contribution is 5.92. The van der Waals surface area contributed by atoms with E-state index >= 15 is 0 Å². The van der Waals surface area contributed by atoms with Gasteiger partial charge < -0.3 is 14.7 Å². The number of hydrogen-bond acceptors (Lipinski definition) is 4. The number of benzene rings is 1. The second kappa shape index (κ2) is 6.70. The Morgan fingerprint density at radius 2 is 2.12 bits per heavy atom. The monoisotopic (exact) mass is 339 g/mol. The molecule has 0 spiro atoms. The molecule has 1 N–H and O–H groups in total. The van der Waals surface area contributed by atoms with E-state index < -0.39 is 0 Å². The molecule has 2 fully saturated rings. The summed E-state index contributed by atoms with van der Waals surface area (Å²) in [5.41, 5.74) is 1.28. The molecule has 6 heteroatoms. The van der Waals surface area contributed by atoms with Gasteiger partial charge in [0.1, 0.15) is 5.76 Å². The molecule has 2 heterocycles. The van der Waals surface area contributed by atoms with E-state index in [1.54, 1.807) is 6.07 Å². The van der Waals surface area contributed by atoms with Gasteiger partial charge in [-0.05, 0) is 24.8 Å². The van der Waals surface area contributed by atoms with Gasteiger partial charge in [0.25, 0.3) is 5.91 Å². The Morgan fingerprint density at radius 3 is 2.80 bits per heavy atom. The Bertz CT molecular complexity index is 767. The summed E-state index contributed by atoms with van der Waals surface area (Å²) in [5, 5.41) is 6.92. The minimum absolute atomic E-state index is 0.146. The fourth-order valence-corrected chi connectivity index (χ4v) is 3.23. The van der Waals surface area contributed by atoms with Gasteiger partial charge in [-0.25, -0.2) is 0 Å². The molecule has 0 bridgehead atoms. The standard InChI is InChI=1S/C19H21N3O3/c23-18-7-4-10-22(18)12-16(13-5-2-1-3-6-13)20-19(24)15-11-17(25-21-15)14-8-9-14/h1-3,5-6,11,14,16H,4,7-10,12H2,(H,20,24)/t16-/m1/s1. The van der Waals surface area contributed by atoms with Crippen LogP contribution in [0.5, 0.6) is 0 Å². The molecule has 1 aliphatic heterocycles. The van der Waals surface area contributed by atoms with E-state index in [0.29, 0.717) is 24.6 Å². The van der Waals surface area contributed by atoms with Crippen molar-refractivity contribution in [3.8, 4) is 0 Å². The molecule has 4 rings (SSSR count). The van der Waals surface area contributed by atoms with Gasteiger partial charge in [-0.15, -0.1) is 0 Å². The molecule has 1 aliphatic carbocycles. The number of rotatable bonds is 6. The molecule has 1 aromatic heterocycles. The van der Waals surface area contributed by atoms with Crippen molar-refractivity contribution in [2.75, 3.05) is 13.1 Å². The van der Waals surface area contributed by atoms with E-state index in [4.69, 9.17) is 4.52 Å². The lowest BCUT2D eigenvalue weighted by Crippen LogP contribution is -2.38. The van der Waals surface area contributed by atoms with E-state index in [0.717, 1.165) is 37.1 Å².